The van der Waals surface area contributed by atoms with Crippen molar-refractivity contribution in [2.24, 2.45) is 0 Å². The highest BCUT2D eigenvalue weighted by Gasteiger charge is 2.46. The Bertz CT molecular complexity index is 2750. The molecule has 0 nitrogen and oxygen atoms in total. The van der Waals surface area contributed by atoms with Crippen LogP contribution in [0.15, 0.2) is 109 Å². The highest BCUT2D eigenvalue weighted by molar-refractivity contribution is 6.23. The average molecular weight is 727 g/mol. The van der Waals surface area contributed by atoms with Gasteiger partial charge in [0.1, 0.15) is 0 Å². The lowest BCUT2D eigenvalue weighted by Gasteiger charge is -2.32. The van der Waals surface area contributed by atoms with Gasteiger partial charge in [-0.2, -0.15) is 0 Å². The van der Waals surface area contributed by atoms with Gasteiger partial charge in [0.2, 0.25) is 0 Å². The molecule has 4 aliphatic rings. The molecule has 7 aromatic rings. The summed E-state index contributed by atoms with van der Waals surface area (Å²) in [6, 6.07) is 44.0. The van der Waals surface area contributed by atoms with E-state index < -0.39 is 0 Å². The quantitative estimate of drug-likeness (QED) is 0.150. The van der Waals surface area contributed by atoms with E-state index in [-0.39, 0.29) is 10.8 Å². The number of benzene rings is 7. The van der Waals surface area contributed by atoms with Crippen molar-refractivity contribution in [1.29, 1.82) is 0 Å². The van der Waals surface area contributed by atoms with E-state index in [1.54, 1.807) is 38.9 Å². The maximum absolute atomic E-state index is 2.73. The summed E-state index contributed by atoms with van der Waals surface area (Å²) in [5, 5.41) is 5.68. The van der Waals surface area contributed by atoms with Gasteiger partial charge in [0.05, 0.1) is 0 Å². The fraction of sp³-hybridized carbons (Fsp3) is 0.321. The Kier molecular flexibility index (Phi) is 7.84. The van der Waals surface area contributed by atoms with E-state index in [1.165, 1.54) is 123 Å². The van der Waals surface area contributed by atoms with Crippen LogP contribution in [0.4, 0.5) is 0 Å². The first-order valence-electron chi connectivity index (χ1n) is 22.1. The maximum atomic E-state index is 2.73. The van der Waals surface area contributed by atoms with Crippen LogP contribution in [0.1, 0.15) is 124 Å². The van der Waals surface area contributed by atoms with Crippen LogP contribution < -0.4 is 0 Å². The molecule has 0 amide bonds. The normalized spacial score (nSPS) is 16.9. The summed E-state index contributed by atoms with van der Waals surface area (Å²) >= 11 is 0. The van der Waals surface area contributed by atoms with Gasteiger partial charge in [-0.05, 0) is 212 Å². The Morgan fingerprint density at radius 2 is 0.786 bits per heavy atom. The predicted molar refractivity (Wildman–Crippen MR) is 239 cm³/mol. The molecule has 0 radical (unpaired) electrons. The first-order valence-corrected chi connectivity index (χ1v) is 22.1. The van der Waals surface area contributed by atoms with Crippen LogP contribution in [-0.2, 0) is 36.5 Å². The SMILES string of the molecule is CCC1(CC)c2ccccc2-c2cc3c(cc21)-c1cc2c(-c4cccc5c4CCCC5)c4ccccc4c(-c4cccc5c4CCCC5)c2cc1C3(CC)CC. The lowest BCUT2D eigenvalue weighted by molar-refractivity contribution is 0.485. The number of aryl methyl sites for hydroxylation is 2. The van der Waals surface area contributed by atoms with Gasteiger partial charge in [0.25, 0.3) is 0 Å². The molecule has 0 heterocycles. The summed E-state index contributed by atoms with van der Waals surface area (Å²) in [4.78, 5) is 0. The predicted octanol–water partition coefficient (Wildman–Crippen LogP) is 15.3. The Morgan fingerprint density at radius 3 is 1.36 bits per heavy atom. The lowest BCUT2D eigenvalue weighted by Crippen LogP contribution is -2.24. The maximum Gasteiger partial charge on any atom is 0.0210 e. The molecule has 0 saturated heterocycles. The molecule has 0 spiro atoms. The van der Waals surface area contributed by atoms with Crippen molar-refractivity contribution in [3.63, 3.8) is 0 Å². The second kappa shape index (κ2) is 12.8. The van der Waals surface area contributed by atoms with Crippen molar-refractivity contribution in [2.75, 3.05) is 0 Å². The van der Waals surface area contributed by atoms with E-state index in [2.05, 4.69) is 137 Å². The first-order chi connectivity index (χ1) is 27.6. The molecule has 0 atom stereocenters. The zero-order valence-corrected chi connectivity index (χ0v) is 33.9. The molecule has 0 fully saturated rings. The van der Waals surface area contributed by atoms with Crippen molar-refractivity contribution in [3.8, 4) is 44.5 Å². The van der Waals surface area contributed by atoms with Crippen LogP contribution in [-0.4, -0.2) is 0 Å². The molecule has 7 aromatic carbocycles. The van der Waals surface area contributed by atoms with E-state index >= 15 is 0 Å². The van der Waals surface area contributed by atoms with Crippen molar-refractivity contribution in [2.45, 2.75) is 116 Å². The topological polar surface area (TPSA) is 0 Å². The van der Waals surface area contributed by atoms with Crippen LogP contribution in [0.5, 0.6) is 0 Å². The Hall–Kier alpha value is -4.94. The number of fused-ring (bicyclic) bond motifs is 10. The van der Waals surface area contributed by atoms with Gasteiger partial charge in [0, 0.05) is 10.8 Å². The zero-order chi connectivity index (χ0) is 37.8. The minimum absolute atomic E-state index is 0.0440. The molecule has 11 rings (SSSR count). The molecule has 0 heteroatoms. The van der Waals surface area contributed by atoms with Crippen molar-refractivity contribution < 1.29 is 0 Å². The number of rotatable bonds is 6. The Balaban J connectivity index is 1.30. The van der Waals surface area contributed by atoms with Gasteiger partial charge in [-0.3, -0.25) is 0 Å². The van der Waals surface area contributed by atoms with Crippen LogP contribution >= 0.6 is 0 Å². The van der Waals surface area contributed by atoms with E-state index in [1.807, 2.05) is 0 Å². The second-order valence-corrected chi connectivity index (χ2v) is 17.6. The van der Waals surface area contributed by atoms with Crippen LogP contribution in [0.2, 0.25) is 0 Å². The Morgan fingerprint density at radius 1 is 0.357 bits per heavy atom. The van der Waals surface area contributed by atoms with E-state index in [9.17, 15) is 0 Å². The summed E-state index contributed by atoms with van der Waals surface area (Å²) in [6.07, 6.45) is 14.3. The van der Waals surface area contributed by atoms with Gasteiger partial charge in [-0.15, -0.1) is 0 Å². The van der Waals surface area contributed by atoms with Gasteiger partial charge < -0.3 is 0 Å². The number of hydrogen-bond acceptors (Lipinski definition) is 0. The third kappa shape index (κ3) is 4.48. The summed E-state index contributed by atoms with van der Waals surface area (Å²) in [7, 11) is 0. The molecule has 0 aromatic heterocycles. The molecular weight excluding hydrogens is 673 g/mol. The molecule has 0 aliphatic heterocycles. The summed E-state index contributed by atoms with van der Waals surface area (Å²) in [5.41, 5.74) is 24.2. The average Bonchev–Trinajstić information content (AvgIpc) is 3.69. The van der Waals surface area contributed by atoms with E-state index in [0.29, 0.717) is 0 Å². The molecule has 4 aliphatic carbocycles. The fourth-order valence-corrected chi connectivity index (χ4v) is 12.7. The molecule has 278 valence electrons. The fourth-order valence-electron chi connectivity index (χ4n) is 12.7. The van der Waals surface area contributed by atoms with Gasteiger partial charge >= 0.3 is 0 Å². The third-order valence-corrected chi connectivity index (χ3v) is 15.6. The van der Waals surface area contributed by atoms with Gasteiger partial charge in [0.15, 0.2) is 0 Å². The van der Waals surface area contributed by atoms with Gasteiger partial charge in [-0.25, -0.2) is 0 Å². The largest absolute Gasteiger partial charge is 0.0642 e. The standard InChI is InChI=1S/C56H54/c1-5-55(6-2)49-30-16-15-25-39(49)45-32-51-46(33-50(45)55)44-31-47-48(34-52(44)56(51,7-3)8-4)54(41-29-18-22-36-20-10-12-24-38(36)41)43-27-14-13-26-42(43)53(47)40-28-17-21-35-19-9-11-23-37(35)40/h13-18,21-22,25-34H,5-12,19-20,23-24H2,1-4H3. The molecule has 0 saturated carbocycles. The highest BCUT2D eigenvalue weighted by Crippen LogP contribution is 2.61. The van der Waals surface area contributed by atoms with E-state index in [0.717, 1.165) is 25.7 Å². The molecule has 0 bridgehead atoms. The summed E-state index contributed by atoms with van der Waals surface area (Å²) in [6.45, 7) is 9.72. The second-order valence-electron chi connectivity index (χ2n) is 17.6. The minimum Gasteiger partial charge on any atom is -0.0642 e. The highest BCUT2D eigenvalue weighted by atomic mass is 14.5. The Labute approximate surface area is 334 Å². The lowest BCUT2D eigenvalue weighted by atomic mass is 9.71. The van der Waals surface area contributed by atoms with Crippen LogP contribution in [0, 0.1) is 0 Å². The molecule has 56 heavy (non-hydrogen) atoms. The molecule has 0 N–H and O–H groups in total. The zero-order valence-electron chi connectivity index (χ0n) is 33.9. The first kappa shape index (κ1) is 34.3. The smallest absolute Gasteiger partial charge is 0.0210 e. The van der Waals surface area contributed by atoms with Crippen LogP contribution in [0.3, 0.4) is 0 Å². The van der Waals surface area contributed by atoms with Crippen molar-refractivity contribution in [3.05, 3.63) is 154 Å². The number of hydrogen-bond donors (Lipinski definition) is 0. The monoisotopic (exact) mass is 726 g/mol. The molecular formula is C56H54. The summed E-state index contributed by atoms with van der Waals surface area (Å²) < 4.78 is 0. The summed E-state index contributed by atoms with van der Waals surface area (Å²) in [5.74, 6) is 0. The van der Waals surface area contributed by atoms with E-state index in [4.69, 9.17) is 0 Å². The molecule has 0 unspecified atom stereocenters. The van der Waals surface area contributed by atoms with Crippen molar-refractivity contribution >= 4 is 21.5 Å². The minimum atomic E-state index is -0.0440. The third-order valence-electron chi connectivity index (χ3n) is 15.6. The van der Waals surface area contributed by atoms with Crippen molar-refractivity contribution in [1.82, 2.24) is 0 Å². The van der Waals surface area contributed by atoms with Crippen LogP contribution in [0.25, 0.3) is 66.1 Å². The van der Waals surface area contributed by atoms with Gasteiger partial charge in [-0.1, -0.05) is 113 Å².